The van der Waals surface area contributed by atoms with E-state index in [0.29, 0.717) is 17.4 Å². The number of halogens is 5. The minimum Gasteiger partial charge on any atom is -0.503 e. The highest BCUT2D eigenvalue weighted by molar-refractivity contribution is 5.94. The molecule has 0 unspecified atom stereocenters. The van der Waals surface area contributed by atoms with Crippen LogP contribution in [0.4, 0.5) is 27.8 Å². The summed E-state index contributed by atoms with van der Waals surface area (Å²) in [7, 11) is 1.58. The van der Waals surface area contributed by atoms with E-state index in [1.165, 1.54) is 16.4 Å². The zero-order valence-corrected chi connectivity index (χ0v) is 19.4. The first-order valence-corrected chi connectivity index (χ1v) is 11.6. The summed E-state index contributed by atoms with van der Waals surface area (Å²) in [6.45, 7) is 0.802. The molecule has 3 heterocycles. The topological polar surface area (TPSA) is 54.2 Å². The van der Waals surface area contributed by atoms with E-state index >= 15 is 0 Å². The van der Waals surface area contributed by atoms with E-state index < -0.39 is 34.7 Å². The van der Waals surface area contributed by atoms with Crippen molar-refractivity contribution in [3.63, 3.8) is 0 Å². The summed E-state index contributed by atoms with van der Waals surface area (Å²) in [6, 6.07) is 12.5. The van der Waals surface area contributed by atoms with Crippen LogP contribution in [-0.4, -0.2) is 32.5 Å². The molecule has 0 radical (unpaired) electrons. The lowest BCUT2D eigenvalue weighted by atomic mass is 9.95. The minimum absolute atomic E-state index is 0.163. The third-order valence-corrected chi connectivity index (χ3v) is 6.69. The van der Waals surface area contributed by atoms with Crippen LogP contribution in [0.15, 0.2) is 48.7 Å². The van der Waals surface area contributed by atoms with E-state index in [9.17, 15) is 27.1 Å². The zero-order chi connectivity index (χ0) is 25.6. The number of rotatable bonds is 4. The fourth-order valence-corrected chi connectivity index (χ4v) is 4.90. The molecule has 2 aromatic carbocycles. The summed E-state index contributed by atoms with van der Waals surface area (Å²) in [5, 5.41) is 14.2. The van der Waals surface area contributed by atoms with Crippen LogP contribution in [0.5, 0.6) is 5.75 Å². The average molecular weight is 502 g/mol. The first-order chi connectivity index (χ1) is 17.1. The van der Waals surface area contributed by atoms with E-state index in [2.05, 4.69) is 27.1 Å². The molecule has 1 aliphatic rings. The Morgan fingerprint density at radius 1 is 1.06 bits per heavy atom. The number of alkyl halides is 3. The van der Waals surface area contributed by atoms with Crippen molar-refractivity contribution < 1.29 is 27.1 Å². The summed E-state index contributed by atoms with van der Waals surface area (Å²) in [4.78, 5) is 6.77. The van der Waals surface area contributed by atoms with Gasteiger partial charge in [0.15, 0.2) is 17.4 Å². The Morgan fingerprint density at radius 2 is 1.81 bits per heavy atom. The van der Waals surface area contributed by atoms with E-state index in [-0.39, 0.29) is 17.1 Å². The number of benzene rings is 2. The van der Waals surface area contributed by atoms with E-state index in [4.69, 9.17) is 0 Å². The first-order valence-electron chi connectivity index (χ1n) is 11.6. The predicted octanol–water partition coefficient (Wildman–Crippen LogP) is 6.24. The summed E-state index contributed by atoms with van der Waals surface area (Å²) in [5.41, 5.74) is -0.844. The lowest BCUT2D eigenvalue weighted by molar-refractivity contribution is -0.140. The number of phenolic OH excluding ortho intramolecular Hbond substituents is 1. The van der Waals surface area contributed by atoms with Gasteiger partial charge in [-0.2, -0.15) is 18.3 Å². The van der Waals surface area contributed by atoms with Crippen molar-refractivity contribution in [3.8, 4) is 17.0 Å². The highest BCUT2D eigenvalue weighted by Crippen LogP contribution is 2.42. The smallest absolute Gasteiger partial charge is 0.419 e. The molecular formula is C26H23F5N4O. The molecule has 1 atom stereocenters. The van der Waals surface area contributed by atoms with Crippen LogP contribution in [0, 0.1) is 11.6 Å². The van der Waals surface area contributed by atoms with Crippen molar-refractivity contribution >= 4 is 16.7 Å². The normalized spacial score (nSPS) is 16.6. The monoisotopic (exact) mass is 502 g/mol. The minimum atomic E-state index is -5.12. The molecule has 0 bridgehead atoms. The van der Waals surface area contributed by atoms with Crippen molar-refractivity contribution in [3.05, 3.63) is 71.4 Å². The molecule has 0 saturated carbocycles. The van der Waals surface area contributed by atoms with Gasteiger partial charge in [-0.25, -0.2) is 13.8 Å². The van der Waals surface area contributed by atoms with E-state index in [0.717, 1.165) is 32.2 Å². The molecule has 0 spiro atoms. The maximum atomic E-state index is 14.7. The van der Waals surface area contributed by atoms with Crippen molar-refractivity contribution in [2.24, 2.45) is 7.05 Å². The van der Waals surface area contributed by atoms with Crippen LogP contribution in [0.3, 0.4) is 0 Å². The molecule has 1 fully saturated rings. The summed E-state index contributed by atoms with van der Waals surface area (Å²) >= 11 is 0. The number of nitrogens with zero attached hydrogens (tertiary/aromatic N) is 4. The van der Waals surface area contributed by atoms with Gasteiger partial charge in [0.25, 0.3) is 0 Å². The SMILES string of the molecule is Cn1nc(-c2cc(C(F)(F)F)c(F)c(O)c2F)c2cnc(N3CCCC[C@H]3Cc3ccccc3)cc21. The van der Waals surface area contributed by atoms with E-state index in [1.807, 2.05) is 18.2 Å². The summed E-state index contributed by atoms with van der Waals surface area (Å²) in [6.07, 6.45) is 0.252. The Morgan fingerprint density at radius 3 is 2.53 bits per heavy atom. The van der Waals surface area contributed by atoms with Crippen molar-refractivity contribution in [1.82, 2.24) is 14.8 Å². The molecule has 5 rings (SSSR count). The molecule has 1 N–H and O–H groups in total. The van der Waals surface area contributed by atoms with Crippen molar-refractivity contribution in [2.75, 3.05) is 11.4 Å². The molecule has 5 nitrogen and oxygen atoms in total. The number of aryl methyl sites for hydroxylation is 1. The second-order valence-corrected chi connectivity index (χ2v) is 9.01. The molecule has 1 aliphatic heterocycles. The summed E-state index contributed by atoms with van der Waals surface area (Å²) < 4.78 is 70.1. The second kappa shape index (κ2) is 9.07. The Labute approximate surface area is 203 Å². The lowest BCUT2D eigenvalue weighted by Gasteiger charge is -2.37. The van der Waals surface area contributed by atoms with Crippen LogP contribution in [0.1, 0.15) is 30.4 Å². The number of aromatic nitrogens is 3. The van der Waals surface area contributed by atoms with Gasteiger partial charge in [-0.05, 0) is 37.3 Å². The fraction of sp³-hybridized carbons (Fsp3) is 0.308. The molecule has 0 amide bonds. The van der Waals surface area contributed by atoms with Gasteiger partial charge < -0.3 is 10.0 Å². The third kappa shape index (κ3) is 4.25. The van der Waals surface area contributed by atoms with Gasteiger partial charge in [0, 0.05) is 42.8 Å². The van der Waals surface area contributed by atoms with Crippen molar-refractivity contribution in [2.45, 2.75) is 37.9 Å². The van der Waals surface area contributed by atoms with Gasteiger partial charge >= 0.3 is 6.18 Å². The molecule has 36 heavy (non-hydrogen) atoms. The highest BCUT2D eigenvalue weighted by Gasteiger charge is 2.38. The van der Waals surface area contributed by atoms with Crippen LogP contribution >= 0.6 is 0 Å². The average Bonchev–Trinajstić information content (AvgIpc) is 3.18. The number of piperidine rings is 1. The van der Waals surface area contributed by atoms with Crippen molar-refractivity contribution in [1.29, 1.82) is 0 Å². The lowest BCUT2D eigenvalue weighted by Crippen LogP contribution is -2.41. The number of fused-ring (bicyclic) bond motifs is 1. The Bertz CT molecular complexity index is 1420. The number of hydrogen-bond donors (Lipinski definition) is 1. The number of hydrogen-bond acceptors (Lipinski definition) is 4. The maximum absolute atomic E-state index is 14.7. The third-order valence-electron chi connectivity index (χ3n) is 6.69. The molecule has 188 valence electrons. The number of aromatic hydroxyl groups is 1. The molecule has 1 saturated heterocycles. The van der Waals surface area contributed by atoms with Gasteiger partial charge in [0.05, 0.1) is 11.1 Å². The molecule has 4 aromatic rings. The number of phenols is 1. The zero-order valence-electron chi connectivity index (χ0n) is 19.4. The summed E-state index contributed by atoms with van der Waals surface area (Å²) in [5.74, 6) is -4.57. The van der Waals surface area contributed by atoms with Gasteiger partial charge in [0.2, 0.25) is 0 Å². The standard InChI is InChI=1S/C26H23F5N4O/c1-34-20-13-21(35-10-6-5-9-16(35)11-15-7-3-2-4-8-15)32-14-18(20)24(33-34)17-12-19(26(29,30)31)23(28)25(36)22(17)27/h2-4,7-8,12-14,16,36H,5-6,9-11H2,1H3/t16-/m0/s1. The number of anilines is 1. The quantitative estimate of drug-likeness (QED) is 0.336. The molecule has 2 aromatic heterocycles. The largest absolute Gasteiger partial charge is 0.503 e. The van der Waals surface area contributed by atoms with Gasteiger partial charge in [-0.3, -0.25) is 4.68 Å². The predicted molar refractivity (Wildman–Crippen MR) is 126 cm³/mol. The number of pyridine rings is 1. The van der Waals surface area contributed by atoms with Crippen LogP contribution in [0.25, 0.3) is 22.2 Å². The molecular weight excluding hydrogens is 479 g/mol. The van der Waals surface area contributed by atoms with Gasteiger partial charge in [-0.15, -0.1) is 0 Å². The Balaban J connectivity index is 1.56. The Hall–Kier alpha value is -3.69. The van der Waals surface area contributed by atoms with Gasteiger partial charge in [-0.1, -0.05) is 30.3 Å². The fourth-order valence-electron chi connectivity index (χ4n) is 4.90. The van der Waals surface area contributed by atoms with E-state index in [1.54, 1.807) is 13.1 Å². The maximum Gasteiger partial charge on any atom is 0.419 e. The van der Waals surface area contributed by atoms with Crippen LogP contribution < -0.4 is 4.90 Å². The molecule has 0 aliphatic carbocycles. The second-order valence-electron chi connectivity index (χ2n) is 9.01. The first kappa shape index (κ1) is 24.0. The molecule has 10 heteroatoms. The Kier molecular flexibility index (Phi) is 6.05. The van der Waals surface area contributed by atoms with Crippen LogP contribution in [0.2, 0.25) is 0 Å². The van der Waals surface area contributed by atoms with Gasteiger partial charge in [0.1, 0.15) is 11.5 Å². The highest BCUT2D eigenvalue weighted by atomic mass is 19.4. The van der Waals surface area contributed by atoms with Crippen LogP contribution in [-0.2, 0) is 19.6 Å².